The number of nitrogens with one attached hydrogen (secondary N) is 2. The number of pyridine rings is 1. The van der Waals surface area contributed by atoms with Gasteiger partial charge in [-0.1, -0.05) is 20.8 Å². The molecule has 1 aromatic heterocycles. The van der Waals surface area contributed by atoms with E-state index >= 15 is 0 Å². The first-order chi connectivity index (χ1) is 9.04. The Balaban J connectivity index is 2.99. The molecular formula is C15H25F2N3. The van der Waals surface area contributed by atoms with Crippen molar-refractivity contribution < 1.29 is 8.78 Å². The molecule has 1 heterocycles. The zero-order valence-corrected chi connectivity index (χ0v) is 13.2. The molecule has 0 aliphatic rings. The molecule has 0 spiro atoms. The van der Waals surface area contributed by atoms with Crippen LogP contribution in [0.15, 0.2) is 6.07 Å². The highest BCUT2D eigenvalue weighted by Crippen LogP contribution is 2.30. The Kier molecular flexibility index (Phi) is 4.95. The maximum atomic E-state index is 13.8. The molecule has 0 unspecified atom stereocenters. The predicted molar refractivity (Wildman–Crippen MR) is 80.1 cm³/mol. The summed E-state index contributed by atoms with van der Waals surface area (Å²) in [7, 11) is 0. The Morgan fingerprint density at radius 3 is 2.10 bits per heavy atom. The third-order valence-electron chi connectivity index (χ3n) is 2.70. The van der Waals surface area contributed by atoms with Crippen molar-refractivity contribution in [3.05, 3.63) is 17.7 Å². The van der Waals surface area contributed by atoms with E-state index in [1.165, 1.54) is 0 Å². The Bertz CT molecular complexity index is 465. The van der Waals surface area contributed by atoms with E-state index in [9.17, 15) is 8.78 Å². The summed E-state index contributed by atoms with van der Waals surface area (Å²) >= 11 is 0. The molecule has 1 rings (SSSR count). The standard InChI is InChI=1S/C15H25F2N3/c1-7-18-12-10(16)8-11(17)13(19-12)20-15(5,6)9-14(2,3)4/h8H,7,9H2,1-6H3,(H2,18,19,20). The second-order valence-corrected chi connectivity index (χ2v) is 6.93. The minimum Gasteiger partial charge on any atom is -0.368 e. The molecule has 1 aromatic rings. The molecule has 20 heavy (non-hydrogen) atoms. The predicted octanol–water partition coefficient (Wildman–Crippen LogP) is 4.42. The quantitative estimate of drug-likeness (QED) is 0.841. The number of halogens is 2. The molecule has 2 N–H and O–H groups in total. The second kappa shape index (κ2) is 5.94. The molecule has 0 aliphatic heterocycles. The number of anilines is 2. The first kappa shape index (κ1) is 16.7. The average Bonchev–Trinajstić information content (AvgIpc) is 2.21. The molecule has 3 nitrogen and oxygen atoms in total. The highest BCUT2D eigenvalue weighted by molar-refractivity contribution is 5.48. The lowest BCUT2D eigenvalue weighted by Crippen LogP contribution is -2.36. The van der Waals surface area contributed by atoms with Gasteiger partial charge >= 0.3 is 0 Å². The van der Waals surface area contributed by atoms with E-state index < -0.39 is 11.6 Å². The Labute approximate surface area is 120 Å². The summed E-state index contributed by atoms with van der Waals surface area (Å²) in [4.78, 5) is 4.00. The number of hydrogen-bond donors (Lipinski definition) is 2. The van der Waals surface area contributed by atoms with E-state index in [1.54, 1.807) is 0 Å². The van der Waals surface area contributed by atoms with E-state index in [-0.39, 0.29) is 22.6 Å². The summed E-state index contributed by atoms with van der Waals surface area (Å²) in [6, 6.07) is 0.862. The van der Waals surface area contributed by atoms with Crippen LogP contribution >= 0.6 is 0 Å². The van der Waals surface area contributed by atoms with Gasteiger partial charge in [-0.25, -0.2) is 13.8 Å². The smallest absolute Gasteiger partial charge is 0.168 e. The summed E-state index contributed by atoms with van der Waals surface area (Å²) in [5, 5.41) is 5.86. The monoisotopic (exact) mass is 285 g/mol. The molecule has 0 bridgehead atoms. The molecular weight excluding hydrogens is 260 g/mol. The summed E-state index contributed by atoms with van der Waals surface area (Å²) in [6.07, 6.45) is 0.828. The van der Waals surface area contributed by atoms with Crippen LogP contribution in [-0.4, -0.2) is 17.1 Å². The molecule has 0 aliphatic carbocycles. The van der Waals surface area contributed by atoms with Crippen LogP contribution < -0.4 is 10.6 Å². The molecule has 0 saturated heterocycles. The average molecular weight is 285 g/mol. The lowest BCUT2D eigenvalue weighted by molar-refractivity contribution is 0.301. The van der Waals surface area contributed by atoms with E-state index in [2.05, 4.69) is 36.4 Å². The van der Waals surface area contributed by atoms with Gasteiger partial charge in [0, 0.05) is 18.2 Å². The van der Waals surface area contributed by atoms with Crippen molar-refractivity contribution in [1.82, 2.24) is 4.98 Å². The molecule has 114 valence electrons. The third-order valence-corrected chi connectivity index (χ3v) is 2.70. The lowest BCUT2D eigenvalue weighted by atomic mass is 9.82. The minimum atomic E-state index is -0.677. The molecule has 0 amide bonds. The van der Waals surface area contributed by atoms with Gasteiger partial charge in [0.2, 0.25) is 0 Å². The van der Waals surface area contributed by atoms with Crippen molar-refractivity contribution >= 4 is 11.6 Å². The minimum absolute atomic E-state index is 0.0722. The zero-order valence-electron chi connectivity index (χ0n) is 13.2. The fourth-order valence-corrected chi connectivity index (χ4v) is 2.54. The van der Waals surface area contributed by atoms with Gasteiger partial charge in [0.1, 0.15) is 0 Å². The van der Waals surface area contributed by atoms with Crippen molar-refractivity contribution in [3.63, 3.8) is 0 Å². The molecule has 0 fully saturated rings. The molecule has 0 saturated carbocycles. The van der Waals surface area contributed by atoms with Crippen LogP contribution in [0.2, 0.25) is 0 Å². The van der Waals surface area contributed by atoms with E-state index in [0.717, 1.165) is 12.5 Å². The number of rotatable bonds is 5. The summed E-state index contributed by atoms with van der Waals surface area (Å²) in [6.45, 7) is 12.7. The van der Waals surface area contributed by atoms with Gasteiger partial charge in [-0.3, -0.25) is 0 Å². The molecule has 5 heteroatoms. The molecule has 0 aromatic carbocycles. The van der Waals surface area contributed by atoms with Crippen LogP contribution in [0.25, 0.3) is 0 Å². The SMILES string of the molecule is CCNc1nc(NC(C)(C)CC(C)(C)C)c(F)cc1F. The van der Waals surface area contributed by atoms with Gasteiger partial charge in [-0.2, -0.15) is 0 Å². The van der Waals surface area contributed by atoms with Gasteiger partial charge in [0.15, 0.2) is 23.3 Å². The fourth-order valence-electron chi connectivity index (χ4n) is 2.54. The first-order valence-corrected chi connectivity index (χ1v) is 6.92. The molecule has 0 atom stereocenters. The van der Waals surface area contributed by atoms with E-state index in [0.29, 0.717) is 6.54 Å². The van der Waals surface area contributed by atoms with Crippen molar-refractivity contribution in [1.29, 1.82) is 0 Å². The van der Waals surface area contributed by atoms with Gasteiger partial charge in [0.25, 0.3) is 0 Å². The van der Waals surface area contributed by atoms with Crippen LogP contribution in [0.5, 0.6) is 0 Å². The van der Waals surface area contributed by atoms with Crippen molar-refractivity contribution in [2.45, 2.75) is 53.5 Å². The summed E-state index contributed by atoms with van der Waals surface area (Å²) < 4.78 is 27.4. The normalized spacial score (nSPS) is 12.4. The highest BCUT2D eigenvalue weighted by Gasteiger charge is 2.27. The maximum absolute atomic E-state index is 13.8. The number of aromatic nitrogens is 1. The van der Waals surface area contributed by atoms with Crippen LogP contribution in [0.4, 0.5) is 20.4 Å². The summed E-state index contributed by atoms with van der Waals surface area (Å²) in [5.41, 5.74) is -0.245. The van der Waals surface area contributed by atoms with Crippen LogP contribution in [0.1, 0.15) is 48.0 Å². The first-order valence-electron chi connectivity index (χ1n) is 6.92. The second-order valence-electron chi connectivity index (χ2n) is 6.93. The van der Waals surface area contributed by atoms with Crippen molar-refractivity contribution in [2.75, 3.05) is 17.2 Å². The highest BCUT2D eigenvalue weighted by atomic mass is 19.1. The van der Waals surface area contributed by atoms with E-state index in [4.69, 9.17) is 0 Å². The lowest BCUT2D eigenvalue weighted by Gasteiger charge is -2.34. The Morgan fingerprint density at radius 1 is 1.05 bits per heavy atom. The van der Waals surface area contributed by atoms with Gasteiger partial charge < -0.3 is 10.6 Å². The Morgan fingerprint density at radius 2 is 1.60 bits per heavy atom. The summed E-state index contributed by atoms with van der Waals surface area (Å²) in [5.74, 6) is -1.20. The van der Waals surface area contributed by atoms with Crippen LogP contribution in [0, 0.1) is 17.0 Å². The van der Waals surface area contributed by atoms with Gasteiger partial charge in [-0.15, -0.1) is 0 Å². The van der Waals surface area contributed by atoms with Crippen LogP contribution in [-0.2, 0) is 0 Å². The largest absolute Gasteiger partial charge is 0.368 e. The number of nitrogens with zero attached hydrogens (tertiary/aromatic N) is 1. The third kappa shape index (κ3) is 4.94. The zero-order chi connectivity index (χ0) is 15.6. The van der Waals surface area contributed by atoms with Crippen LogP contribution in [0.3, 0.4) is 0 Å². The van der Waals surface area contributed by atoms with E-state index in [1.807, 2.05) is 20.8 Å². The number of hydrogen-bond acceptors (Lipinski definition) is 3. The van der Waals surface area contributed by atoms with Crippen molar-refractivity contribution in [3.8, 4) is 0 Å². The molecule has 0 radical (unpaired) electrons. The Hall–Kier alpha value is -1.39. The van der Waals surface area contributed by atoms with Crippen molar-refractivity contribution in [2.24, 2.45) is 5.41 Å². The maximum Gasteiger partial charge on any atom is 0.168 e. The topological polar surface area (TPSA) is 37.0 Å². The van der Waals surface area contributed by atoms with Gasteiger partial charge in [0.05, 0.1) is 0 Å². The van der Waals surface area contributed by atoms with Gasteiger partial charge in [-0.05, 0) is 32.6 Å². The fraction of sp³-hybridized carbons (Fsp3) is 0.667.